The lowest BCUT2D eigenvalue weighted by atomic mass is 10.2. The SMILES string of the molecule is CC(C)CCS(=O)(=O)Cc1cccc(C#N)c1. The van der Waals surface area contributed by atoms with Crippen molar-refractivity contribution in [1.29, 1.82) is 5.26 Å². The molecule has 0 atom stereocenters. The molecule has 0 bridgehead atoms. The van der Waals surface area contributed by atoms with Crippen molar-refractivity contribution in [2.24, 2.45) is 5.92 Å². The van der Waals surface area contributed by atoms with Crippen LogP contribution in [0.5, 0.6) is 0 Å². The van der Waals surface area contributed by atoms with Gasteiger partial charge in [-0.2, -0.15) is 5.26 Å². The van der Waals surface area contributed by atoms with Gasteiger partial charge in [0.05, 0.1) is 23.1 Å². The third-order valence-corrected chi connectivity index (χ3v) is 4.08. The molecule has 92 valence electrons. The normalized spacial score (nSPS) is 11.4. The van der Waals surface area contributed by atoms with E-state index in [1.807, 2.05) is 19.9 Å². The third-order valence-electron chi connectivity index (χ3n) is 2.45. The molecule has 1 rings (SSSR count). The Morgan fingerprint density at radius 2 is 2.06 bits per heavy atom. The molecule has 0 N–H and O–H groups in total. The van der Waals surface area contributed by atoms with E-state index in [2.05, 4.69) is 0 Å². The summed E-state index contributed by atoms with van der Waals surface area (Å²) in [7, 11) is -3.06. The van der Waals surface area contributed by atoms with Crippen LogP contribution in [-0.2, 0) is 15.6 Å². The quantitative estimate of drug-likeness (QED) is 0.808. The first-order valence-electron chi connectivity index (χ1n) is 5.62. The predicted octanol–water partition coefficient (Wildman–Crippen LogP) is 2.52. The minimum Gasteiger partial charge on any atom is -0.228 e. The van der Waals surface area contributed by atoms with Gasteiger partial charge in [-0.15, -0.1) is 0 Å². The maximum atomic E-state index is 11.8. The second-order valence-corrected chi connectivity index (χ2v) is 6.77. The molecule has 0 saturated carbocycles. The van der Waals surface area contributed by atoms with Crippen molar-refractivity contribution < 1.29 is 8.42 Å². The molecule has 0 spiro atoms. The van der Waals surface area contributed by atoms with Crippen molar-refractivity contribution >= 4 is 9.84 Å². The molecule has 0 aliphatic carbocycles. The average molecular weight is 251 g/mol. The highest BCUT2D eigenvalue weighted by molar-refractivity contribution is 7.90. The summed E-state index contributed by atoms with van der Waals surface area (Å²) in [6.07, 6.45) is 0.681. The van der Waals surface area contributed by atoms with E-state index in [0.717, 1.165) is 0 Å². The Morgan fingerprint density at radius 1 is 1.35 bits per heavy atom. The van der Waals surface area contributed by atoms with Gasteiger partial charge >= 0.3 is 0 Å². The summed E-state index contributed by atoms with van der Waals surface area (Å²) >= 11 is 0. The zero-order valence-corrected chi connectivity index (χ0v) is 11.0. The Kier molecular flexibility index (Phi) is 4.71. The summed E-state index contributed by atoms with van der Waals surface area (Å²) in [5.74, 6) is 0.617. The number of rotatable bonds is 5. The van der Waals surface area contributed by atoms with E-state index < -0.39 is 9.84 Å². The molecule has 17 heavy (non-hydrogen) atoms. The fourth-order valence-corrected chi connectivity index (χ4v) is 3.13. The molecular weight excluding hydrogens is 234 g/mol. The minimum absolute atomic E-state index is 0.0231. The summed E-state index contributed by atoms with van der Waals surface area (Å²) in [4.78, 5) is 0. The van der Waals surface area contributed by atoms with E-state index in [9.17, 15) is 8.42 Å². The number of hydrogen-bond donors (Lipinski definition) is 0. The number of sulfone groups is 1. The topological polar surface area (TPSA) is 57.9 Å². The van der Waals surface area contributed by atoms with E-state index in [-0.39, 0.29) is 11.5 Å². The zero-order chi connectivity index (χ0) is 12.9. The molecule has 0 aromatic heterocycles. The second kappa shape index (κ2) is 5.83. The molecule has 0 unspecified atom stereocenters. The smallest absolute Gasteiger partial charge is 0.154 e. The lowest BCUT2D eigenvalue weighted by molar-refractivity contribution is 0.573. The lowest BCUT2D eigenvalue weighted by Gasteiger charge is -2.06. The van der Waals surface area contributed by atoms with Crippen LogP contribution in [0, 0.1) is 17.2 Å². The van der Waals surface area contributed by atoms with Crippen molar-refractivity contribution in [2.75, 3.05) is 5.75 Å². The molecule has 0 heterocycles. The Labute approximate surface area is 103 Å². The summed E-state index contributed by atoms with van der Waals surface area (Å²) < 4.78 is 23.6. The number of nitriles is 1. The standard InChI is InChI=1S/C13H17NO2S/c1-11(2)6-7-17(15,16)10-13-5-3-4-12(8-13)9-14/h3-5,8,11H,6-7,10H2,1-2H3. The first-order valence-corrected chi connectivity index (χ1v) is 7.44. The van der Waals surface area contributed by atoms with Crippen LogP contribution in [0.3, 0.4) is 0 Å². The molecule has 0 saturated heterocycles. The maximum Gasteiger partial charge on any atom is 0.154 e. The molecule has 1 aromatic rings. The van der Waals surface area contributed by atoms with Gasteiger partial charge in [0.1, 0.15) is 0 Å². The van der Waals surface area contributed by atoms with E-state index >= 15 is 0 Å². The third kappa shape index (κ3) is 5.01. The molecule has 3 nitrogen and oxygen atoms in total. The van der Waals surface area contributed by atoms with E-state index in [0.29, 0.717) is 23.5 Å². The van der Waals surface area contributed by atoms with Gasteiger partial charge in [-0.3, -0.25) is 0 Å². The molecule has 0 fully saturated rings. The number of nitrogens with zero attached hydrogens (tertiary/aromatic N) is 1. The number of benzene rings is 1. The highest BCUT2D eigenvalue weighted by Gasteiger charge is 2.13. The van der Waals surface area contributed by atoms with Crippen molar-refractivity contribution in [1.82, 2.24) is 0 Å². The highest BCUT2D eigenvalue weighted by atomic mass is 32.2. The van der Waals surface area contributed by atoms with Crippen LogP contribution < -0.4 is 0 Å². The van der Waals surface area contributed by atoms with Crippen LogP contribution in [0.1, 0.15) is 31.4 Å². The number of hydrogen-bond acceptors (Lipinski definition) is 3. The van der Waals surface area contributed by atoms with E-state index in [1.54, 1.807) is 24.3 Å². The largest absolute Gasteiger partial charge is 0.228 e. The Hall–Kier alpha value is -1.34. The summed E-state index contributed by atoms with van der Waals surface area (Å²) in [5.41, 5.74) is 1.19. The van der Waals surface area contributed by atoms with Gasteiger partial charge in [-0.05, 0) is 30.0 Å². The molecule has 0 amide bonds. The van der Waals surface area contributed by atoms with Gasteiger partial charge in [-0.25, -0.2) is 8.42 Å². The van der Waals surface area contributed by atoms with Crippen LogP contribution in [0.4, 0.5) is 0 Å². The summed E-state index contributed by atoms with van der Waals surface area (Å²) in [5, 5.41) is 8.74. The van der Waals surface area contributed by atoms with E-state index in [4.69, 9.17) is 5.26 Å². The molecule has 0 aliphatic rings. The first-order chi connectivity index (χ1) is 7.93. The first kappa shape index (κ1) is 13.7. The maximum absolute atomic E-state index is 11.8. The molecular formula is C13H17NO2S. The van der Waals surface area contributed by atoms with Crippen LogP contribution in [-0.4, -0.2) is 14.2 Å². The monoisotopic (exact) mass is 251 g/mol. The second-order valence-electron chi connectivity index (χ2n) is 4.59. The summed E-state index contributed by atoms with van der Waals surface area (Å²) in [6.45, 7) is 4.01. The molecule has 0 aliphatic heterocycles. The lowest BCUT2D eigenvalue weighted by Crippen LogP contribution is -2.11. The van der Waals surface area contributed by atoms with Gasteiger partial charge in [-0.1, -0.05) is 26.0 Å². The Bertz CT molecular complexity index is 512. The van der Waals surface area contributed by atoms with Crippen LogP contribution in [0.15, 0.2) is 24.3 Å². The van der Waals surface area contributed by atoms with Gasteiger partial charge in [0.2, 0.25) is 0 Å². The van der Waals surface area contributed by atoms with Crippen molar-refractivity contribution in [2.45, 2.75) is 26.0 Å². The molecule has 1 aromatic carbocycles. The zero-order valence-electron chi connectivity index (χ0n) is 10.2. The fraction of sp³-hybridized carbons (Fsp3) is 0.462. The van der Waals surface area contributed by atoms with Gasteiger partial charge < -0.3 is 0 Å². The van der Waals surface area contributed by atoms with Crippen molar-refractivity contribution in [3.05, 3.63) is 35.4 Å². The van der Waals surface area contributed by atoms with Gasteiger partial charge in [0.15, 0.2) is 9.84 Å². The molecule has 0 radical (unpaired) electrons. The molecule has 4 heteroatoms. The predicted molar refractivity (Wildman–Crippen MR) is 68.1 cm³/mol. The van der Waals surface area contributed by atoms with Gasteiger partial charge in [0, 0.05) is 0 Å². The van der Waals surface area contributed by atoms with Crippen molar-refractivity contribution in [3.63, 3.8) is 0 Å². The van der Waals surface area contributed by atoms with E-state index in [1.165, 1.54) is 0 Å². The van der Waals surface area contributed by atoms with Crippen LogP contribution >= 0.6 is 0 Å². The average Bonchev–Trinajstić information content (AvgIpc) is 2.26. The van der Waals surface area contributed by atoms with Crippen LogP contribution in [0.25, 0.3) is 0 Å². The van der Waals surface area contributed by atoms with Gasteiger partial charge in [0.25, 0.3) is 0 Å². The Morgan fingerprint density at radius 3 is 2.65 bits per heavy atom. The minimum atomic E-state index is -3.06. The Balaban J connectivity index is 2.73. The summed E-state index contributed by atoms with van der Waals surface area (Å²) in [6, 6.07) is 8.77. The highest BCUT2D eigenvalue weighted by Crippen LogP contribution is 2.11. The van der Waals surface area contributed by atoms with Crippen LogP contribution in [0.2, 0.25) is 0 Å². The fourth-order valence-electron chi connectivity index (χ4n) is 1.47. The van der Waals surface area contributed by atoms with Crippen molar-refractivity contribution in [3.8, 4) is 6.07 Å².